The Morgan fingerprint density at radius 3 is 2.88 bits per heavy atom. The Morgan fingerprint density at radius 1 is 1.45 bits per heavy atom. The molecule has 1 amide bonds. The molecule has 4 rings (SSSR count). The summed E-state index contributed by atoms with van der Waals surface area (Å²) < 4.78 is 53.7. The summed E-state index contributed by atoms with van der Waals surface area (Å²) in [5, 5.41) is 21.4. The third-order valence-corrected chi connectivity index (χ3v) is 6.57. The van der Waals surface area contributed by atoms with Crippen LogP contribution in [-0.2, 0) is 21.8 Å². The van der Waals surface area contributed by atoms with E-state index in [0.717, 1.165) is 6.07 Å². The van der Waals surface area contributed by atoms with Crippen molar-refractivity contribution in [3.05, 3.63) is 41.5 Å². The van der Waals surface area contributed by atoms with Crippen molar-refractivity contribution in [2.75, 3.05) is 25.1 Å². The van der Waals surface area contributed by atoms with Gasteiger partial charge in [0, 0.05) is 25.4 Å². The van der Waals surface area contributed by atoms with E-state index >= 15 is 0 Å². The molecule has 10 nitrogen and oxygen atoms in total. The molecule has 1 fully saturated rings. The molecule has 33 heavy (non-hydrogen) atoms. The molecule has 2 aliphatic heterocycles. The molecular formula is C21H19FN4O6S. The van der Waals surface area contributed by atoms with Crippen molar-refractivity contribution in [1.29, 1.82) is 5.26 Å². The number of nitrogens with zero attached hydrogens (tertiary/aromatic N) is 2. The van der Waals surface area contributed by atoms with E-state index < -0.39 is 33.4 Å². The van der Waals surface area contributed by atoms with E-state index in [4.69, 9.17) is 14.7 Å². The summed E-state index contributed by atoms with van der Waals surface area (Å²) in [7, 11) is -2.55. The second kappa shape index (κ2) is 8.50. The van der Waals surface area contributed by atoms with Crippen LogP contribution in [0.15, 0.2) is 29.3 Å². The molecule has 3 heterocycles. The lowest BCUT2D eigenvalue weighted by molar-refractivity contribution is -0.140. The summed E-state index contributed by atoms with van der Waals surface area (Å²) in [6.07, 6.45) is 1.33. The Bertz CT molecular complexity index is 1330. The van der Waals surface area contributed by atoms with E-state index in [1.54, 1.807) is 6.07 Å². The van der Waals surface area contributed by atoms with E-state index in [-0.39, 0.29) is 53.8 Å². The van der Waals surface area contributed by atoms with E-state index in [9.17, 15) is 22.7 Å². The number of aliphatic hydroxyl groups is 1. The number of nitriles is 1. The van der Waals surface area contributed by atoms with Gasteiger partial charge in [-0.25, -0.2) is 17.5 Å². The number of halogens is 1. The van der Waals surface area contributed by atoms with Gasteiger partial charge in [-0.1, -0.05) is 11.8 Å². The van der Waals surface area contributed by atoms with E-state index in [2.05, 4.69) is 21.9 Å². The van der Waals surface area contributed by atoms with E-state index in [1.807, 2.05) is 0 Å². The number of hydrogen-bond donors (Lipinski definition) is 3. The van der Waals surface area contributed by atoms with Gasteiger partial charge in [-0.2, -0.15) is 5.26 Å². The van der Waals surface area contributed by atoms with Crippen LogP contribution in [0.3, 0.4) is 0 Å². The molecule has 0 aliphatic carbocycles. The van der Waals surface area contributed by atoms with Crippen LogP contribution < -0.4 is 14.8 Å². The Labute approximate surface area is 189 Å². The Hall–Kier alpha value is -3.42. The lowest BCUT2D eigenvalue weighted by Crippen LogP contribution is -2.48. The number of amides is 1. The molecule has 0 unspecified atom stereocenters. The highest BCUT2D eigenvalue weighted by atomic mass is 32.2. The molecule has 12 heteroatoms. The average Bonchev–Trinajstić information content (AvgIpc) is 3.03. The second-order valence-electron chi connectivity index (χ2n) is 7.70. The van der Waals surface area contributed by atoms with Gasteiger partial charge in [-0.3, -0.25) is 4.79 Å². The first-order chi connectivity index (χ1) is 15.6. The molecule has 3 N–H and O–H groups in total. The number of nitrogens with one attached hydrogen (secondary N) is 2. The zero-order valence-corrected chi connectivity index (χ0v) is 18.2. The molecule has 1 saturated heterocycles. The van der Waals surface area contributed by atoms with Gasteiger partial charge in [-0.05, 0) is 18.2 Å². The number of aromatic nitrogens is 1. The van der Waals surface area contributed by atoms with Crippen molar-refractivity contribution in [2.24, 2.45) is 7.05 Å². The first-order valence-corrected chi connectivity index (χ1v) is 11.3. The number of anilines is 1. The number of rotatable bonds is 3. The largest absolute Gasteiger partial charge is 0.488 e. The zero-order valence-electron chi connectivity index (χ0n) is 17.4. The zero-order chi connectivity index (χ0) is 23.8. The molecule has 2 aliphatic rings. The first kappa shape index (κ1) is 22.8. The number of carbonyl (C=O) groups excluding carboxylic acids is 1. The van der Waals surface area contributed by atoms with Crippen LogP contribution in [0.1, 0.15) is 22.5 Å². The fourth-order valence-corrected chi connectivity index (χ4v) is 4.77. The van der Waals surface area contributed by atoms with Crippen LogP contribution in [0.5, 0.6) is 5.75 Å². The van der Waals surface area contributed by atoms with Crippen molar-refractivity contribution in [2.45, 2.75) is 23.0 Å². The van der Waals surface area contributed by atoms with Crippen LogP contribution in [0, 0.1) is 29.0 Å². The first-order valence-electron chi connectivity index (χ1n) is 9.77. The SMILES string of the molecule is Cn1cc2c(c1C(=O)Nc1ccc(F)c(C#N)c1)OC[C@H](CC#CC1(O)COC1)NS2(=O)=O. The van der Waals surface area contributed by atoms with Crippen molar-refractivity contribution in [3.63, 3.8) is 0 Å². The van der Waals surface area contributed by atoms with Crippen molar-refractivity contribution in [1.82, 2.24) is 9.29 Å². The number of aryl methyl sites for hydroxylation is 1. The van der Waals surface area contributed by atoms with Gasteiger partial charge in [0.1, 0.15) is 23.4 Å². The van der Waals surface area contributed by atoms with Gasteiger partial charge in [0.25, 0.3) is 5.91 Å². The molecule has 1 atom stereocenters. The molecule has 0 bridgehead atoms. The third-order valence-electron chi connectivity index (χ3n) is 5.05. The minimum atomic E-state index is -4.03. The molecule has 172 valence electrons. The Morgan fingerprint density at radius 2 is 2.21 bits per heavy atom. The predicted octanol–water partition coefficient (Wildman–Crippen LogP) is 0.482. The molecule has 1 aromatic heterocycles. The summed E-state index contributed by atoms with van der Waals surface area (Å²) >= 11 is 0. The molecular weight excluding hydrogens is 455 g/mol. The predicted molar refractivity (Wildman–Crippen MR) is 112 cm³/mol. The van der Waals surface area contributed by atoms with Crippen molar-refractivity contribution in [3.8, 4) is 23.7 Å². The summed E-state index contributed by atoms with van der Waals surface area (Å²) in [5.74, 6) is 3.85. The summed E-state index contributed by atoms with van der Waals surface area (Å²) in [6.45, 7) is 0.0953. The summed E-state index contributed by atoms with van der Waals surface area (Å²) in [6, 6.07) is 4.47. The normalized spacial score (nSPS) is 20.0. The maximum Gasteiger partial charge on any atom is 0.276 e. The number of sulfonamides is 1. The van der Waals surface area contributed by atoms with Crippen LogP contribution in [0.2, 0.25) is 0 Å². The fourth-order valence-electron chi connectivity index (χ4n) is 3.36. The number of fused-ring (bicyclic) bond motifs is 1. The highest BCUT2D eigenvalue weighted by molar-refractivity contribution is 7.89. The topological polar surface area (TPSA) is 143 Å². The molecule has 2 aromatic rings. The monoisotopic (exact) mass is 474 g/mol. The molecule has 1 aromatic carbocycles. The maximum absolute atomic E-state index is 13.6. The Balaban J connectivity index is 1.56. The summed E-state index contributed by atoms with van der Waals surface area (Å²) in [4.78, 5) is 12.7. The quantitative estimate of drug-likeness (QED) is 0.549. The third kappa shape index (κ3) is 4.55. The van der Waals surface area contributed by atoms with Crippen LogP contribution in [0.4, 0.5) is 10.1 Å². The number of hydrogen-bond acceptors (Lipinski definition) is 7. The van der Waals surface area contributed by atoms with Gasteiger partial charge >= 0.3 is 0 Å². The second-order valence-corrected chi connectivity index (χ2v) is 9.38. The minimum Gasteiger partial charge on any atom is -0.488 e. The number of ether oxygens (including phenoxy) is 2. The van der Waals surface area contributed by atoms with Crippen LogP contribution >= 0.6 is 0 Å². The van der Waals surface area contributed by atoms with Crippen LogP contribution in [-0.4, -0.2) is 55.5 Å². The van der Waals surface area contributed by atoms with Crippen molar-refractivity contribution < 1.29 is 32.2 Å². The fraction of sp³-hybridized carbons (Fsp3) is 0.333. The lowest BCUT2D eigenvalue weighted by Gasteiger charge is -2.31. The van der Waals surface area contributed by atoms with E-state index in [0.29, 0.717) is 0 Å². The van der Waals surface area contributed by atoms with Gasteiger partial charge in [0.05, 0.1) is 24.8 Å². The van der Waals surface area contributed by atoms with E-state index in [1.165, 1.54) is 29.9 Å². The minimum absolute atomic E-state index is 0.0640. The highest BCUT2D eigenvalue weighted by Crippen LogP contribution is 2.33. The van der Waals surface area contributed by atoms with Gasteiger partial charge in [0.2, 0.25) is 10.0 Å². The van der Waals surface area contributed by atoms with Gasteiger partial charge in [0.15, 0.2) is 17.0 Å². The lowest BCUT2D eigenvalue weighted by atomic mass is 10.0. The smallest absolute Gasteiger partial charge is 0.276 e. The Kier molecular flexibility index (Phi) is 5.86. The summed E-state index contributed by atoms with van der Waals surface area (Å²) in [5.41, 5.74) is -1.37. The molecule has 0 saturated carbocycles. The van der Waals surface area contributed by atoms with Gasteiger partial charge in [-0.15, -0.1) is 0 Å². The standard InChI is InChI=1S/C21H19FN4O6S/c1-26-9-17-19(18(26)20(27)24-14-4-5-16(22)13(7-14)8-23)32-10-15(25-33(17,29)30)3-2-6-21(28)11-31-12-21/h4-5,7,9,15,25,28H,3,10-12H2,1H3,(H,24,27)/t15-/m0/s1. The average molecular weight is 474 g/mol. The number of carbonyl (C=O) groups is 1. The van der Waals surface area contributed by atoms with Crippen LogP contribution in [0.25, 0.3) is 0 Å². The van der Waals surface area contributed by atoms with Crippen molar-refractivity contribution >= 4 is 21.6 Å². The maximum atomic E-state index is 13.6. The number of benzene rings is 1. The highest BCUT2D eigenvalue weighted by Gasteiger charge is 2.36. The van der Waals surface area contributed by atoms with Gasteiger partial charge < -0.3 is 24.5 Å². The molecule has 0 spiro atoms. The molecule has 0 radical (unpaired) electrons.